The predicted molar refractivity (Wildman–Crippen MR) is 109 cm³/mol. The number of aromatic nitrogens is 1. The van der Waals surface area contributed by atoms with Crippen molar-refractivity contribution in [1.82, 2.24) is 4.73 Å². The van der Waals surface area contributed by atoms with Gasteiger partial charge in [-0.3, -0.25) is 9.52 Å². The number of benzene rings is 2. The van der Waals surface area contributed by atoms with E-state index in [0.29, 0.717) is 20.0 Å². The predicted octanol–water partition coefficient (Wildman–Crippen LogP) is 3.88. The number of rotatable bonds is 6. The Morgan fingerprint density at radius 3 is 2.39 bits per heavy atom. The number of sulfonamides is 1. The van der Waals surface area contributed by atoms with Crippen molar-refractivity contribution in [3.05, 3.63) is 86.2 Å². The van der Waals surface area contributed by atoms with E-state index >= 15 is 0 Å². The van der Waals surface area contributed by atoms with Crippen LogP contribution in [-0.2, 0) is 16.6 Å². The van der Waals surface area contributed by atoms with Crippen LogP contribution in [0.25, 0.3) is 0 Å². The van der Waals surface area contributed by atoms with Crippen LogP contribution in [0.15, 0.2) is 75.0 Å². The van der Waals surface area contributed by atoms with Crippen molar-refractivity contribution < 1.29 is 18.4 Å². The van der Waals surface area contributed by atoms with E-state index in [1.165, 1.54) is 18.2 Å². The van der Waals surface area contributed by atoms with Gasteiger partial charge in [0.25, 0.3) is 10.0 Å². The van der Waals surface area contributed by atoms with Gasteiger partial charge in [0.2, 0.25) is 0 Å². The fourth-order valence-corrected chi connectivity index (χ4v) is 3.87. The summed E-state index contributed by atoms with van der Waals surface area (Å²) in [6.45, 7) is 0.246. The molecule has 28 heavy (non-hydrogen) atoms. The lowest BCUT2D eigenvalue weighted by Gasteiger charge is -2.10. The van der Waals surface area contributed by atoms with Gasteiger partial charge in [0.1, 0.15) is 18.0 Å². The molecule has 0 fully saturated rings. The molecule has 0 saturated carbocycles. The van der Waals surface area contributed by atoms with Crippen molar-refractivity contribution in [3.8, 4) is 5.75 Å². The van der Waals surface area contributed by atoms with Gasteiger partial charge in [-0.15, -0.1) is 0 Å². The molecule has 7 nitrogen and oxygen atoms in total. The summed E-state index contributed by atoms with van der Waals surface area (Å²) in [6, 6.07) is 14.2. The van der Waals surface area contributed by atoms with Gasteiger partial charge in [0, 0.05) is 9.50 Å². The summed E-state index contributed by atoms with van der Waals surface area (Å²) >= 11 is 8.90. The molecular weight excluding hydrogens is 472 g/mol. The molecule has 0 amide bonds. The van der Waals surface area contributed by atoms with Crippen molar-refractivity contribution in [2.75, 3.05) is 4.72 Å². The maximum absolute atomic E-state index is 12.5. The van der Waals surface area contributed by atoms with Gasteiger partial charge in [0.05, 0.1) is 11.1 Å². The van der Waals surface area contributed by atoms with Crippen LogP contribution in [0.5, 0.6) is 5.75 Å². The quantitative estimate of drug-likeness (QED) is 0.516. The highest BCUT2D eigenvalue weighted by Crippen LogP contribution is 2.19. The first kappa shape index (κ1) is 20.2. The molecule has 2 N–H and O–H groups in total. The molecule has 0 radical (unpaired) electrons. The second kappa shape index (κ2) is 8.26. The van der Waals surface area contributed by atoms with Gasteiger partial charge in [-0.25, -0.2) is 8.42 Å². The molecule has 0 aliphatic rings. The highest BCUT2D eigenvalue weighted by Gasteiger charge is 2.17. The van der Waals surface area contributed by atoms with Crippen molar-refractivity contribution in [3.63, 3.8) is 0 Å². The number of ether oxygens (including phenoxy) is 1. The fraction of sp³-hybridized carbons (Fsp3) is 0.0556. The zero-order valence-corrected chi connectivity index (χ0v) is 17.3. The van der Waals surface area contributed by atoms with E-state index in [4.69, 9.17) is 16.3 Å². The number of nitrogens with zero attached hydrogens (tertiary/aromatic N) is 1. The van der Waals surface area contributed by atoms with Gasteiger partial charge in [-0.2, -0.15) is 4.73 Å². The monoisotopic (exact) mass is 484 g/mol. The van der Waals surface area contributed by atoms with Crippen molar-refractivity contribution in [2.45, 2.75) is 11.5 Å². The molecule has 0 aliphatic heterocycles. The van der Waals surface area contributed by atoms with Crippen molar-refractivity contribution in [2.24, 2.45) is 0 Å². The molecule has 0 bridgehead atoms. The summed E-state index contributed by atoms with van der Waals surface area (Å²) in [5, 5.41) is 10.1. The minimum Gasteiger partial charge on any atom is -0.489 e. The second-order valence-corrected chi connectivity index (χ2v) is 8.75. The minimum absolute atomic E-state index is 0.0355. The molecule has 1 aromatic heterocycles. The minimum atomic E-state index is -4.01. The Hall–Kier alpha value is -2.49. The van der Waals surface area contributed by atoms with Crippen molar-refractivity contribution >= 4 is 43.2 Å². The highest BCUT2D eigenvalue weighted by atomic mass is 79.9. The smallest absolute Gasteiger partial charge is 0.307 e. The molecule has 2 aromatic carbocycles. The van der Waals surface area contributed by atoms with Crippen LogP contribution in [0, 0.1) is 0 Å². The Morgan fingerprint density at radius 1 is 1.11 bits per heavy atom. The summed E-state index contributed by atoms with van der Waals surface area (Å²) in [7, 11) is -4.01. The lowest BCUT2D eigenvalue weighted by Crippen LogP contribution is -2.24. The average Bonchev–Trinajstić information content (AvgIpc) is 2.65. The molecule has 146 valence electrons. The van der Waals surface area contributed by atoms with E-state index in [-0.39, 0.29) is 17.2 Å². The Morgan fingerprint density at radius 2 is 1.75 bits per heavy atom. The van der Waals surface area contributed by atoms with Crippen LogP contribution in [0.2, 0.25) is 5.02 Å². The number of nitrogens with one attached hydrogen (secondary N) is 1. The molecule has 0 aliphatic carbocycles. The third-order valence-corrected chi connectivity index (χ3v) is 5.73. The SMILES string of the molecule is O=c1c(NS(=O)(=O)c2ccc(COc3ccc(Cl)cc3)cc2)cc(Br)cn1O. The highest BCUT2D eigenvalue weighted by molar-refractivity contribution is 9.10. The molecular formula is C18H14BrClN2O5S. The third-order valence-electron chi connectivity index (χ3n) is 3.66. The Kier molecular flexibility index (Phi) is 5.97. The summed E-state index contributed by atoms with van der Waals surface area (Å²) < 4.78 is 33.4. The first-order valence-corrected chi connectivity index (χ1v) is 10.5. The normalized spacial score (nSPS) is 11.2. The Balaban J connectivity index is 1.73. The van der Waals surface area contributed by atoms with E-state index in [9.17, 15) is 18.4 Å². The van der Waals surface area contributed by atoms with Gasteiger partial charge in [-0.05, 0) is 64.0 Å². The first-order chi connectivity index (χ1) is 13.2. The summed E-state index contributed by atoms with van der Waals surface area (Å²) in [5.74, 6) is 0.637. The van der Waals surface area contributed by atoms with E-state index in [0.717, 1.165) is 11.8 Å². The van der Waals surface area contributed by atoms with Crippen LogP contribution < -0.4 is 15.0 Å². The number of pyridine rings is 1. The topological polar surface area (TPSA) is 97.6 Å². The first-order valence-electron chi connectivity index (χ1n) is 7.86. The van der Waals surface area contributed by atoms with Gasteiger partial charge < -0.3 is 9.94 Å². The van der Waals surface area contributed by atoms with Crippen LogP contribution in [-0.4, -0.2) is 18.4 Å². The number of anilines is 1. The van der Waals surface area contributed by atoms with E-state index in [1.807, 2.05) is 0 Å². The molecule has 0 atom stereocenters. The van der Waals surface area contributed by atoms with E-state index in [1.54, 1.807) is 36.4 Å². The molecule has 0 saturated heterocycles. The standard InChI is InChI=1S/C18H14BrClN2O5S/c19-13-9-17(18(23)22(24)10-13)21-28(25,26)16-7-1-12(2-8-16)11-27-15-5-3-14(20)4-6-15/h1-10,21,24H,11H2. The van der Waals surface area contributed by atoms with Crippen LogP contribution >= 0.6 is 27.5 Å². The van der Waals surface area contributed by atoms with Gasteiger partial charge in [-0.1, -0.05) is 23.7 Å². The van der Waals surface area contributed by atoms with Crippen molar-refractivity contribution in [1.29, 1.82) is 0 Å². The van der Waals surface area contributed by atoms with E-state index < -0.39 is 15.6 Å². The molecule has 10 heteroatoms. The van der Waals surface area contributed by atoms with Crippen LogP contribution in [0.3, 0.4) is 0 Å². The maximum atomic E-state index is 12.5. The lowest BCUT2D eigenvalue weighted by atomic mass is 10.2. The average molecular weight is 486 g/mol. The number of halogens is 2. The maximum Gasteiger partial charge on any atom is 0.307 e. The summed E-state index contributed by atoms with van der Waals surface area (Å²) in [5.41, 5.74) is -0.416. The Bertz CT molecular complexity index is 1150. The lowest BCUT2D eigenvalue weighted by molar-refractivity contribution is 0.175. The number of hydrogen-bond donors (Lipinski definition) is 2. The fourth-order valence-electron chi connectivity index (χ4n) is 2.27. The summed E-state index contributed by atoms with van der Waals surface area (Å²) in [4.78, 5) is 11.8. The molecule has 3 rings (SSSR count). The molecule has 0 unspecified atom stereocenters. The van der Waals surface area contributed by atoms with Gasteiger partial charge >= 0.3 is 5.56 Å². The molecule has 3 aromatic rings. The second-order valence-electron chi connectivity index (χ2n) is 5.71. The van der Waals surface area contributed by atoms with Crippen LogP contribution in [0.4, 0.5) is 5.69 Å². The summed E-state index contributed by atoms with van der Waals surface area (Å²) in [6.07, 6.45) is 1.11. The number of hydrogen-bond acceptors (Lipinski definition) is 5. The van der Waals surface area contributed by atoms with E-state index in [2.05, 4.69) is 20.7 Å². The van der Waals surface area contributed by atoms with Crippen LogP contribution in [0.1, 0.15) is 5.56 Å². The third kappa shape index (κ3) is 4.86. The zero-order chi connectivity index (χ0) is 20.3. The molecule has 0 spiro atoms. The molecule has 1 heterocycles. The largest absolute Gasteiger partial charge is 0.489 e. The Labute approximate surface area is 174 Å². The van der Waals surface area contributed by atoms with Gasteiger partial charge in [0.15, 0.2) is 0 Å². The zero-order valence-electron chi connectivity index (χ0n) is 14.2.